The number of hydrogen-bond donors (Lipinski definition) is 1. The first-order chi connectivity index (χ1) is 9.11. The zero-order valence-electron chi connectivity index (χ0n) is 11.8. The Morgan fingerprint density at radius 1 is 1.26 bits per heavy atom. The maximum Gasteiger partial charge on any atom is 0.241 e. The van der Waals surface area contributed by atoms with Gasteiger partial charge in [-0.3, -0.25) is 9.69 Å². The van der Waals surface area contributed by atoms with Crippen LogP contribution in [-0.4, -0.2) is 48.4 Å². The van der Waals surface area contributed by atoms with Crippen molar-refractivity contribution in [1.29, 1.82) is 0 Å². The number of nitrogens with two attached hydrogens (primary N) is 1. The van der Waals surface area contributed by atoms with Crippen LogP contribution < -0.4 is 5.73 Å². The summed E-state index contributed by atoms with van der Waals surface area (Å²) in [5, 5.41) is 0. The monoisotopic (exact) mass is 261 g/mol. The van der Waals surface area contributed by atoms with Crippen LogP contribution in [0.2, 0.25) is 0 Å². The number of carbonyl (C=O) groups excluding carboxylic acids is 1. The van der Waals surface area contributed by atoms with Gasteiger partial charge in [0.2, 0.25) is 5.91 Å². The second kappa shape index (κ2) is 6.17. The van der Waals surface area contributed by atoms with Crippen LogP contribution >= 0.6 is 0 Å². The van der Waals surface area contributed by atoms with Crippen LogP contribution in [0.5, 0.6) is 0 Å². The zero-order chi connectivity index (χ0) is 13.8. The van der Waals surface area contributed by atoms with Gasteiger partial charge in [0.05, 0.1) is 0 Å². The number of rotatable bonds is 3. The lowest BCUT2D eigenvalue weighted by atomic mass is 10.1. The van der Waals surface area contributed by atoms with Gasteiger partial charge in [-0.25, -0.2) is 0 Å². The van der Waals surface area contributed by atoms with Crippen LogP contribution in [0.25, 0.3) is 0 Å². The minimum absolute atomic E-state index is 0.156. The largest absolute Gasteiger partial charge is 0.337 e. The zero-order valence-corrected chi connectivity index (χ0v) is 11.8. The third-order valence-corrected chi connectivity index (χ3v) is 3.78. The van der Waals surface area contributed by atoms with Gasteiger partial charge in [0.1, 0.15) is 6.04 Å². The highest BCUT2D eigenvalue weighted by Crippen LogP contribution is 2.13. The summed E-state index contributed by atoms with van der Waals surface area (Å²) in [5.74, 6) is 0.156. The van der Waals surface area contributed by atoms with E-state index >= 15 is 0 Å². The molecule has 19 heavy (non-hydrogen) atoms. The van der Waals surface area contributed by atoms with Gasteiger partial charge < -0.3 is 10.6 Å². The molecule has 1 aliphatic rings. The van der Waals surface area contributed by atoms with Crippen molar-refractivity contribution in [2.24, 2.45) is 5.73 Å². The predicted molar refractivity (Wildman–Crippen MR) is 76.7 cm³/mol. The molecule has 0 aliphatic carbocycles. The van der Waals surface area contributed by atoms with Gasteiger partial charge in [-0.1, -0.05) is 29.8 Å². The number of likely N-dealkylation sites (N-methyl/N-ethyl adjacent to an activating group) is 1. The highest BCUT2D eigenvalue weighted by molar-refractivity contribution is 5.82. The fourth-order valence-electron chi connectivity index (χ4n) is 2.53. The Morgan fingerprint density at radius 3 is 2.58 bits per heavy atom. The molecule has 2 rings (SSSR count). The number of nitrogens with zero attached hydrogens (tertiary/aromatic N) is 2. The molecule has 4 heteroatoms. The Hall–Kier alpha value is -1.39. The van der Waals surface area contributed by atoms with Crippen molar-refractivity contribution in [3.63, 3.8) is 0 Å². The van der Waals surface area contributed by atoms with Gasteiger partial charge in [0.25, 0.3) is 0 Å². The van der Waals surface area contributed by atoms with Gasteiger partial charge in [-0.05, 0) is 26.0 Å². The molecule has 0 radical (unpaired) electrons. The van der Waals surface area contributed by atoms with E-state index in [1.165, 1.54) is 11.1 Å². The van der Waals surface area contributed by atoms with E-state index in [4.69, 9.17) is 5.73 Å². The SMILES string of the molecule is Cc1ccc(CN2CCCN(C)C(CN)C2=O)cc1. The summed E-state index contributed by atoms with van der Waals surface area (Å²) in [6.45, 7) is 4.88. The standard InChI is InChI=1S/C15H23N3O/c1-12-4-6-13(7-5-12)11-18-9-3-8-17(2)14(10-16)15(18)19/h4-7,14H,3,8-11,16H2,1-2H3. The summed E-state index contributed by atoms with van der Waals surface area (Å²) < 4.78 is 0. The lowest BCUT2D eigenvalue weighted by Crippen LogP contribution is -2.48. The first kappa shape index (κ1) is 14.0. The van der Waals surface area contributed by atoms with E-state index in [9.17, 15) is 4.79 Å². The van der Waals surface area contributed by atoms with E-state index in [0.29, 0.717) is 13.1 Å². The summed E-state index contributed by atoms with van der Waals surface area (Å²) in [7, 11) is 1.98. The molecule has 1 aromatic carbocycles. The molecule has 0 saturated carbocycles. The Bertz CT molecular complexity index is 430. The molecular weight excluding hydrogens is 238 g/mol. The molecule has 2 N–H and O–H groups in total. The van der Waals surface area contributed by atoms with Crippen LogP contribution in [0.3, 0.4) is 0 Å². The summed E-state index contributed by atoms with van der Waals surface area (Å²) in [6, 6.07) is 8.19. The quantitative estimate of drug-likeness (QED) is 0.882. The van der Waals surface area contributed by atoms with E-state index in [1.807, 2.05) is 11.9 Å². The number of hydrogen-bond acceptors (Lipinski definition) is 3. The predicted octanol–water partition coefficient (Wildman–Crippen LogP) is 0.986. The average Bonchev–Trinajstić information content (AvgIpc) is 2.52. The molecule has 1 fully saturated rings. The molecule has 1 aromatic rings. The molecule has 104 valence electrons. The van der Waals surface area contributed by atoms with Crippen molar-refractivity contribution in [2.45, 2.75) is 25.9 Å². The molecule has 1 atom stereocenters. The molecule has 1 amide bonds. The van der Waals surface area contributed by atoms with Crippen LogP contribution in [0.4, 0.5) is 0 Å². The molecule has 0 spiro atoms. The maximum atomic E-state index is 12.5. The topological polar surface area (TPSA) is 49.6 Å². The Morgan fingerprint density at radius 2 is 1.95 bits per heavy atom. The minimum atomic E-state index is -0.173. The average molecular weight is 261 g/mol. The molecule has 4 nitrogen and oxygen atoms in total. The van der Waals surface area contributed by atoms with E-state index in [0.717, 1.165) is 19.5 Å². The highest BCUT2D eigenvalue weighted by Gasteiger charge is 2.29. The Kier molecular flexibility index (Phi) is 4.56. The molecule has 0 bridgehead atoms. The van der Waals surface area contributed by atoms with Gasteiger partial charge in [0.15, 0.2) is 0 Å². The van der Waals surface area contributed by atoms with E-state index < -0.39 is 0 Å². The van der Waals surface area contributed by atoms with E-state index in [2.05, 4.69) is 36.1 Å². The third kappa shape index (κ3) is 3.33. The number of carbonyl (C=O) groups is 1. The molecular formula is C15H23N3O. The summed E-state index contributed by atoms with van der Waals surface area (Å²) in [4.78, 5) is 16.5. The highest BCUT2D eigenvalue weighted by atomic mass is 16.2. The maximum absolute atomic E-state index is 12.5. The Labute approximate surface area is 115 Å². The fraction of sp³-hybridized carbons (Fsp3) is 0.533. The first-order valence-electron chi connectivity index (χ1n) is 6.86. The first-order valence-corrected chi connectivity index (χ1v) is 6.86. The molecule has 1 aliphatic heterocycles. The van der Waals surface area contributed by atoms with Crippen molar-refractivity contribution in [3.8, 4) is 0 Å². The van der Waals surface area contributed by atoms with E-state index in [-0.39, 0.29) is 11.9 Å². The fourth-order valence-corrected chi connectivity index (χ4v) is 2.53. The van der Waals surface area contributed by atoms with Crippen molar-refractivity contribution < 1.29 is 4.79 Å². The smallest absolute Gasteiger partial charge is 0.241 e. The lowest BCUT2D eigenvalue weighted by Gasteiger charge is -2.27. The van der Waals surface area contributed by atoms with E-state index in [1.54, 1.807) is 0 Å². The third-order valence-electron chi connectivity index (χ3n) is 3.78. The molecule has 1 saturated heterocycles. The summed E-state index contributed by atoms with van der Waals surface area (Å²) >= 11 is 0. The lowest BCUT2D eigenvalue weighted by molar-refractivity contribution is -0.135. The van der Waals surface area contributed by atoms with Crippen molar-refractivity contribution >= 4 is 5.91 Å². The molecule has 1 unspecified atom stereocenters. The van der Waals surface area contributed by atoms with Crippen LogP contribution in [0, 0.1) is 6.92 Å². The van der Waals surface area contributed by atoms with Crippen molar-refractivity contribution in [1.82, 2.24) is 9.80 Å². The van der Waals surface area contributed by atoms with Crippen molar-refractivity contribution in [3.05, 3.63) is 35.4 Å². The molecule has 1 heterocycles. The number of aryl methyl sites for hydroxylation is 1. The minimum Gasteiger partial charge on any atom is -0.337 e. The van der Waals surface area contributed by atoms with Crippen LogP contribution in [-0.2, 0) is 11.3 Å². The second-order valence-corrected chi connectivity index (χ2v) is 5.33. The number of amides is 1. The van der Waals surface area contributed by atoms with Gasteiger partial charge >= 0.3 is 0 Å². The number of benzene rings is 1. The van der Waals surface area contributed by atoms with Gasteiger partial charge in [0, 0.05) is 26.2 Å². The van der Waals surface area contributed by atoms with Gasteiger partial charge in [-0.2, -0.15) is 0 Å². The van der Waals surface area contributed by atoms with Crippen molar-refractivity contribution in [2.75, 3.05) is 26.7 Å². The summed E-state index contributed by atoms with van der Waals surface area (Å²) in [6.07, 6.45) is 1.00. The molecule has 0 aromatic heterocycles. The van der Waals surface area contributed by atoms with Crippen LogP contribution in [0.15, 0.2) is 24.3 Å². The summed E-state index contributed by atoms with van der Waals surface area (Å²) in [5.41, 5.74) is 8.16. The van der Waals surface area contributed by atoms with Gasteiger partial charge in [-0.15, -0.1) is 0 Å². The Balaban J connectivity index is 2.10. The second-order valence-electron chi connectivity index (χ2n) is 5.33. The van der Waals surface area contributed by atoms with Crippen LogP contribution in [0.1, 0.15) is 17.5 Å². The normalized spacial score (nSPS) is 21.5.